The maximum absolute atomic E-state index is 11.6. The zero-order valence-electron chi connectivity index (χ0n) is 11.7. The summed E-state index contributed by atoms with van der Waals surface area (Å²) in [6.07, 6.45) is 1.30. The van der Waals surface area contributed by atoms with Gasteiger partial charge in [-0.3, -0.25) is 4.79 Å². The van der Waals surface area contributed by atoms with Crippen LogP contribution < -0.4 is 10.6 Å². The van der Waals surface area contributed by atoms with Crippen LogP contribution in [-0.4, -0.2) is 37.2 Å². The Morgan fingerprint density at radius 2 is 2.12 bits per heavy atom. The summed E-state index contributed by atoms with van der Waals surface area (Å²) in [4.78, 5) is 11.6. The van der Waals surface area contributed by atoms with Crippen LogP contribution in [0.15, 0.2) is 0 Å². The van der Waals surface area contributed by atoms with Crippen LogP contribution in [0.5, 0.6) is 0 Å². The van der Waals surface area contributed by atoms with Crippen molar-refractivity contribution in [1.82, 2.24) is 10.6 Å². The molecule has 0 aromatic rings. The van der Waals surface area contributed by atoms with E-state index in [1.807, 2.05) is 20.8 Å². The normalized spacial score (nSPS) is 28.3. The highest BCUT2D eigenvalue weighted by Gasteiger charge is 2.49. The first-order valence-electron chi connectivity index (χ1n) is 6.58. The van der Waals surface area contributed by atoms with E-state index in [1.54, 1.807) is 0 Å². The second-order valence-corrected chi connectivity index (χ2v) is 5.34. The number of carbonyl (C=O) groups is 1. The van der Waals surface area contributed by atoms with E-state index < -0.39 is 0 Å². The minimum atomic E-state index is -0.137. The molecule has 100 valence electrons. The molecule has 0 spiro atoms. The van der Waals surface area contributed by atoms with Gasteiger partial charge in [-0.05, 0) is 27.2 Å². The molecule has 3 unspecified atom stereocenters. The summed E-state index contributed by atoms with van der Waals surface area (Å²) >= 11 is 0. The summed E-state index contributed by atoms with van der Waals surface area (Å²) in [6, 6.07) is 0.221. The van der Waals surface area contributed by atoms with Gasteiger partial charge in [0.25, 0.3) is 0 Å². The number of amides is 1. The van der Waals surface area contributed by atoms with E-state index in [0.717, 1.165) is 13.0 Å². The molecule has 17 heavy (non-hydrogen) atoms. The molecule has 0 aromatic carbocycles. The predicted molar refractivity (Wildman–Crippen MR) is 68.9 cm³/mol. The summed E-state index contributed by atoms with van der Waals surface area (Å²) in [5.41, 5.74) is 0.108. The monoisotopic (exact) mass is 242 g/mol. The van der Waals surface area contributed by atoms with Gasteiger partial charge in [-0.1, -0.05) is 13.8 Å². The average Bonchev–Trinajstić information content (AvgIpc) is 2.27. The molecule has 2 N–H and O–H groups in total. The van der Waals surface area contributed by atoms with E-state index in [0.29, 0.717) is 18.7 Å². The molecule has 0 bridgehead atoms. The third-order valence-electron chi connectivity index (χ3n) is 3.74. The molecule has 1 aliphatic carbocycles. The van der Waals surface area contributed by atoms with Gasteiger partial charge in [0.15, 0.2) is 0 Å². The maximum Gasteiger partial charge on any atom is 0.236 e. The number of carbonyl (C=O) groups excluding carboxylic acids is 1. The predicted octanol–water partition coefficient (Wildman–Crippen LogP) is 1.30. The summed E-state index contributed by atoms with van der Waals surface area (Å²) in [5.74, 6) is 0.0724. The van der Waals surface area contributed by atoms with Gasteiger partial charge in [-0.15, -0.1) is 0 Å². The molecule has 0 radical (unpaired) electrons. The number of hydrogen-bond donors (Lipinski definition) is 2. The lowest BCUT2D eigenvalue weighted by molar-refractivity contribution is -0.130. The minimum Gasteiger partial charge on any atom is -0.378 e. The van der Waals surface area contributed by atoms with Crippen LogP contribution in [-0.2, 0) is 9.53 Å². The van der Waals surface area contributed by atoms with E-state index in [4.69, 9.17) is 4.74 Å². The smallest absolute Gasteiger partial charge is 0.236 e. The number of nitrogens with one attached hydrogen (secondary N) is 2. The van der Waals surface area contributed by atoms with Crippen molar-refractivity contribution >= 4 is 5.91 Å². The zero-order chi connectivity index (χ0) is 13.1. The van der Waals surface area contributed by atoms with Crippen LogP contribution in [0.3, 0.4) is 0 Å². The number of ether oxygens (including phenoxy) is 1. The zero-order valence-corrected chi connectivity index (χ0v) is 11.7. The van der Waals surface area contributed by atoms with Crippen molar-refractivity contribution in [3.8, 4) is 0 Å². The molecular weight excluding hydrogens is 216 g/mol. The lowest BCUT2D eigenvalue weighted by Crippen LogP contribution is -2.64. The van der Waals surface area contributed by atoms with Crippen LogP contribution in [0.25, 0.3) is 0 Å². The van der Waals surface area contributed by atoms with Crippen LogP contribution in [0, 0.1) is 5.41 Å². The molecule has 3 atom stereocenters. The van der Waals surface area contributed by atoms with Crippen molar-refractivity contribution in [2.45, 2.75) is 59.2 Å². The standard InChI is InChI=1S/C13H26N2O2/c1-6-14-12(16)9(3)15-10-8-11(17-7-2)13(10,4)5/h9-11,15H,6-8H2,1-5H3,(H,14,16). The van der Waals surface area contributed by atoms with Gasteiger partial charge in [0, 0.05) is 24.6 Å². The Morgan fingerprint density at radius 3 is 2.59 bits per heavy atom. The van der Waals surface area contributed by atoms with Crippen molar-refractivity contribution in [2.75, 3.05) is 13.2 Å². The minimum absolute atomic E-state index is 0.0724. The Kier molecular flexibility index (Phi) is 4.95. The van der Waals surface area contributed by atoms with Gasteiger partial charge in [-0.2, -0.15) is 0 Å². The molecule has 1 aliphatic rings. The molecule has 0 saturated heterocycles. The topological polar surface area (TPSA) is 50.4 Å². The molecule has 1 saturated carbocycles. The fourth-order valence-corrected chi connectivity index (χ4v) is 2.36. The molecular formula is C13H26N2O2. The Bertz CT molecular complexity index is 266. The van der Waals surface area contributed by atoms with E-state index >= 15 is 0 Å². The molecule has 4 heteroatoms. The molecule has 0 heterocycles. The van der Waals surface area contributed by atoms with Crippen LogP contribution in [0.2, 0.25) is 0 Å². The first kappa shape index (κ1) is 14.5. The van der Waals surface area contributed by atoms with E-state index in [-0.39, 0.29) is 17.4 Å². The van der Waals surface area contributed by atoms with Crippen LogP contribution >= 0.6 is 0 Å². The second kappa shape index (κ2) is 5.83. The lowest BCUT2D eigenvalue weighted by atomic mass is 9.64. The van der Waals surface area contributed by atoms with Crippen molar-refractivity contribution in [2.24, 2.45) is 5.41 Å². The third-order valence-corrected chi connectivity index (χ3v) is 3.74. The summed E-state index contributed by atoms with van der Waals surface area (Å²) in [6.45, 7) is 11.7. The van der Waals surface area contributed by atoms with Crippen molar-refractivity contribution in [3.05, 3.63) is 0 Å². The van der Waals surface area contributed by atoms with Crippen molar-refractivity contribution in [1.29, 1.82) is 0 Å². The SMILES string of the molecule is CCNC(=O)C(C)NC1CC(OCC)C1(C)C. The Morgan fingerprint density at radius 1 is 1.47 bits per heavy atom. The highest BCUT2D eigenvalue weighted by atomic mass is 16.5. The van der Waals surface area contributed by atoms with Gasteiger partial charge in [-0.25, -0.2) is 0 Å². The average molecular weight is 242 g/mol. The largest absolute Gasteiger partial charge is 0.378 e. The van der Waals surface area contributed by atoms with Gasteiger partial charge < -0.3 is 15.4 Å². The Balaban J connectivity index is 2.42. The van der Waals surface area contributed by atoms with Gasteiger partial charge >= 0.3 is 0 Å². The highest BCUT2D eigenvalue weighted by molar-refractivity contribution is 5.81. The van der Waals surface area contributed by atoms with Crippen molar-refractivity contribution in [3.63, 3.8) is 0 Å². The van der Waals surface area contributed by atoms with E-state index in [1.165, 1.54) is 0 Å². The number of likely N-dealkylation sites (N-methyl/N-ethyl adjacent to an activating group) is 1. The Labute approximate surface area is 104 Å². The molecule has 1 rings (SSSR count). The fraction of sp³-hybridized carbons (Fsp3) is 0.923. The first-order chi connectivity index (χ1) is 7.93. The van der Waals surface area contributed by atoms with E-state index in [2.05, 4.69) is 24.5 Å². The quantitative estimate of drug-likeness (QED) is 0.738. The molecule has 4 nitrogen and oxygen atoms in total. The summed E-state index contributed by atoms with van der Waals surface area (Å²) in [7, 11) is 0. The lowest BCUT2D eigenvalue weighted by Gasteiger charge is -2.52. The second-order valence-electron chi connectivity index (χ2n) is 5.34. The summed E-state index contributed by atoms with van der Waals surface area (Å²) < 4.78 is 5.67. The molecule has 1 fully saturated rings. The van der Waals surface area contributed by atoms with Crippen molar-refractivity contribution < 1.29 is 9.53 Å². The van der Waals surface area contributed by atoms with E-state index in [9.17, 15) is 4.79 Å². The third kappa shape index (κ3) is 3.19. The van der Waals surface area contributed by atoms with Gasteiger partial charge in [0.1, 0.15) is 0 Å². The summed E-state index contributed by atoms with van der Waals surface area (Å²) in [5, 5.41) is 6.22. The molecule has 1 amide bonds. The number of hydrogen-bond acceptors (Lipinski definition) is 3. The molecule has 0 aromatic heterocycles. The number of rotatable bonds is 6. The first-order valence-corrected chi connectivity index (χ1v) is 6.58. The van der Waals surface area contributed by atoms with Crippen LogP contribution in [0.1, 0.15) is 41.0 Å². The maximum atomic E-state index is 11.6. The Hall–Kier alpha value is -0.610. The fourth-order valence-electron chi connectivity index (χ4n) is 2.36. The van der Waals surface area contributed by atoms with Crippen LogP contribution in [0.4, 0.5) is 0 Å². The van der Waals surface area contributed by atoms with Gasteiger partial charge in [0.2, 0.25) is 5.91 Å². The highest BCUT2D eigenvalue weighted by Crippen LogP contribution is 2.42. The van der Waals surface area contributed by atoms with Gasteiger partial charge in [0.05, 0.1) is 12.1 Å². The molecule has 0 aliphatic heterocycles.